The third-order valence-electron chi connectivity index (χ3n) is 9.04. The number of halogens is 3. The van der Waals surface area contributed by atoms with Crippen molar-refractivity contribution < 1.29 is 37.3 Å². The molecule has 0 aliphatic carbocycles. The summed E-state index contributed by atoms with van der Waals surface area (Å²) in [6.45, 7) is 20.1. The molecule has 1 aliphatic heterocycles. The first-order chi connectivity index (χ1) is 24.4. The van der Waals surface area contributed by atoms with Crippen molar-refractivity contribution in [3.63, 3.8) is 0 Å². The van der Waals surface area contributed by atoms with Gasteiger partial charge in [-0.3, -0.25) is 0 Å². The number of aliphatic carboxylic acids is 1. The fourth-order valence-corrected chi connectivity index (χ4v) is 6.43. The van der Waals surface area contributed by atoms with Gasteiger partial charge in [0.15, 0.2) is 11.8 Å². The predicted molar refractivity (Wildman–Crippen MR) is 196 cm³/mol. The van der Waals surface area contributed by atoms with Crippen LogP contribution in [0.25, 0.3) is 28.0 Å². The Hall–Kier alpha value is -4.68. The lowest BCUT2D eigenvalue weighted by atomic mass is 9.92. The second-order valence-electron chi connectivity index (χ2n) is 14.5. The van der Waals surface area contributed by atoms with Gasteiger partial charge in [-0.15, -0.1) is 13.2 Å². The highest BCUT2D eigenvalue weighted by atomic mass is 19.4. The van der Waals surface area contributed by atoms with Gasteiger partial charge in [0.1, 0.15) is 11.6 Å². The number of alkyl halides is 3. The molecule has 278 valence electrons. The lowest BCUT2D eigenvalue weighted by Gasteiger charge is -2.41. The Bertz CT molecular complexity index is 1940. The number of aryl methyl sites for hydroxylation is 1. The lowest BCUT2D eigenvalue weighted by molar-refractivity contribution is -0.160. The van der Waals surface area contributed by atoms with E-state index in [-0.39, 0.29) is 17.3 Å². The van der Waals surface area contributed by atoms with Crippen LogP contribution in [0.1, 0.15) is 76.8 Å². The third-order valence-corrected chi connectivity index (χ3v) is 9.04. The summed E-state index contributed by atoms with van der Waals surface area (Å²) in [7, 11) is 0. The molecule has 0 amide bonds. The van der Waals surface area contributed by atoms with Crippen molar-refractivity contribution in [1.29, 1.82) is 0 Å². The quantitative estimate of drug-likeness (QED) is 0.137. The molecule has 0 spiro atoms. The SMILES string of the molecule is C=CCOC1(C)CCN(c2c(C(OC(C)(C)C)C(=O)O)c(C)nc3cc(-c4cccc(-c5cc(C(F)(F)F)ccc5O[C@@H](C)CC=C)c4)nn23)CC1. The maximum atomic E-state index is 13.9. The monoisotopic (exact) mass is 720 g/mol. The van der Waals surface area contributed by atoms with Gasteiger partial charge in [0, 0.05) is 42.4 Å². The maximum absolute atomic E-state index is 13.9. The molecule has 5 rings (SSSR count). The van der Waals surface area contributed by atoms with Crippen LogP contribution in [-0.4, -0.2) is 62.7 Å². The van der Waals surface area contributed by atoms with E-state index in [1.165, 1.54) is 6.07 Å². The van der Waals surface area contributed by atoms with E-state index in [1.807, 2.05) is 13.0 Å². The van der Waals surface area contributed by atoms with Crippen molar-refractivity contribution >= 4 is 17.4 Å². The Labute approximate surface area is 302 Å². The van der Waals surface area contributed by atoms with Gasteiger partial charge in [-0.2, -0.15) is 22.8 Å². The average molecular weight is 721 g/mol. The van der Waals surface area contributed by atoms with Gasteiger partial charge in [-0.05, 0) is 84.2 Å². The molecule has 12 heteroatoms. The van der Waals surface area contributed by atoms with E-state index in [2.05, 4.69) is 25.0 Å². The van der Waals surface area contributed by atoms with Crippen molar-refractivity contribution in [1.82, 2.24) is 14.6 Å². The third kappa shape index (κ3) is 8.67. The summed E-state index contributed by atoms with van der Waals surface area (Å²) in [6, 6.07) is 12.3. The summed E-state index contributed by atoms with van der Waals surface area (Å²) < 4.78 is 61.6. The summed E-state index contributed by atoms with van der Waals surface area (Å²) in [5, 5.41) is 15.4. The molecule has 0 saturated carbocycles. The molecule has 1 fully saturated rings. The van der Waals surface area contributed by atoms with E-state index >= 15 is 0 Å². The minimum Gasteiger partial charge on any atom is -0.490 e. The molecule has 1 N–H and O–H groups in total. The van der Waals surface area contributed by atoms with Gasteiger partial charge < -0.3 is 24.2 Å². The number of piperidine rings is 1. The van der Waals surface area contributed by atoms with Crippen LogP contribution in [0.4, 0.5) is 19.0 Å². The summed E-state index contributed by atoms with van der Waals surface area (Å²) in [6.07, 6.45) is -0.928. The van der Waals surface area contributed by atoms with E-state index in [1.54, 1.807) is 68.6 Å². The van der Waals surface area contributed by atoms with Crippen LogP contribution in [0.15, 0.2) is 73.8 Å². The first-order valence-corrected chi connectivity index (χ1v) is 17.3. The molecule has 0 radical (unpaired) electrons. The van der Waals surface area contributed by atoms with E-state index in [4.69, 9.17) is 24.3 Å². The number of hydrogen-bond donors (Lipinski definition) is 1. The normalized spacial score (nSPS) is 16.1. The van der Waals surface area contributed by atoms with E-state index in [0.29, 0.717) is 84.3 Å². The second kappa shape index (κ2) is 15.1. The zero-order valence-corrected chi connectivity index (χ0v) is 30.6. The highest BCUT2D eigenvalue weighted by Crippen LogP contribution is 2.41. The predicted octanol–water partition coefficient (Wildman–Crippen LogP) is 9.24. The molecular weight excluding hydrogens is 673 g/mol. The smallest absolute Gasteiger partial charge is 0.416 e. The van der Waals surface area contributed by atoms with Crippen LogP contribution >= 0.6 is 0 Å². The minimum atomic E-state index is -4.55. The number of aromatic nitrogens is 3. The Morgan fingerprint density at radius 2 is 1.75 bits per heavy atom. The number of carboxylic acids is 1. The lowest BCUT2D eigenvalue weighted by Crippen LogP contribution is -2.45. The van der Waals surface area contributed by atoms with Crippen molar-refractivity contribution in [3.05, 3.63) is 90.7 Å². The van der Waals surface area contributed by atoms with Crippen LogP contribution in [0.3, 0.4) is 0 Å². The largest absolute Gasteiger partial charge is 0.490 e. The topological polar surface area (TPSA) is 98.4 Å². The van der Waals surface area contributed by atoms with Crippen molar-refractivity contribution in [2.24, 2.45) is 0 Å². The van der Waals surface area contributed by atoms with Crippen molar-refractivity contribution in [3.8, 4) is 28.1 Å². The number of rotatable bonds is 13. The van der Waals surface area contributed by atoms with Crippen LogP contribution < -0.4 is 9.64 Å². The van der Waals surface area contributed by atoms with Gasteiger partial charge in [0.25, 0.3) is 0 Å². The van der Waals surface area contributed by atoms with E-state index < -0.39 is 29.4 Å². The number of hydrogen-bond acceptors (Lipinski definition) is 7. The zero-order valence-electron chi connectivity index (χ0n) is 30.6. The van der Waals surface area contributed by atoms with Gasteiger partial charge in [-0.1, -0.05) is 30.4 Å². The highest BCUT2D eigenvalue weighted by Gasteiger charge is 2.38. The summed E-state index contributed by atoms with van der Waals surface area (Å²) in [5.74, 6) is -0.290. The maximum Gasteiger partial charge on any atom is 0.416 e. The van der Waals surface area contributed by atoms with Gasteiger partial charge in [0.05, 0.1) is 40.7 Å². The number of anilines is 1. The average Bonchev–Trinajstić information content (AvgIpc) is 3.49. The first kappa shape index (κ1) is 38.5. The molecule has 0 bridgehead atoms. The van der Waals surface area contributed by atoms with Gasteiger partial charge in [-0.25, -0.2) is 9.78 Å². The molecule has 4 aromatic rings. The molecule has 3 heterocycles. The Morgan fingerprint density at radius 1 is 1.06 bits per heavy atom. The zero-order chi connectivity index (χ0) is 38.0. The van der Waals surface area contributed by atoms with Crippen LogP contribution in [-0.2, 0) is 20.4 Å². The number of fused-ring (bicyclic) bond motifs is 1. The number of carbonyl (C=O) groups is 1. The van der Waals surface area contributed by atoms with Crippen molar-refractivity contribution in [2.75, 3.05) is 24.6 Å². The molecular formula is C40H47F3N4O5. The molecule has 2 atom stereocenters. The molecule has 1 aliphatic rings. The Balaban J connectivity index is 1.65. The number of ether oxygens (including phenoxy) is 3. The van der Waals surface area contributed by atoms with E-state index in [0.717, 1.165) is 12.1 Å². The first-order valence-electron chi connectivity index (χ1n) is 17.3. The fraction of sp³-hybridized carbons (Fsp3) is 0.425. The number of benzene rings is 2. The van der Waals surface area contributed by atoms with Gasteiger partial charge >= 0.3 is 12.1 Å². The molecule has 1 unspecified atom stereocenters. The molecule has 52 heavy (non-hydrogen) atoms. The molecule has 2 aromatic heterocycles. The second-order valence-corrected chi connectivity index (χ2v) is 14.5. The van der Waals surface area contributed by atoms with Crippen molar-refractivity contribution in [2.45, 2.75) is 90.4 Å². The number of nitrogens with zero attached hydrogens (tertiary/aromatic N) is 4. The molecule has 9 nitrogen and oxygen atoms in total. The van der Waals surface area contributed by atoms with Crippen LogP contribution in [0, 0.1) is 6.92 Å². The number of carboxylic acid groups (broad SMARTS) is 1. The molecule has 2 aromatic carbocycles. The Morgan fingerprint density at radius 3 is 2.37 bits per heavy atom. The minimum absolute atomic E-state index is 0.284. The summed E-state index contributed by atoms with van der Waals surface area (Å²) >= 11 is 0. The van der Waals surface area contributed by atoms with Gasteiger partial charge in [0.2, 0.25) is 0 Å². The fourth-order valence-electron chi connectivity index (χ4n) is 6.43. The van der Waals surface area contributed by atoms with E-state index in [9.17, 15) is 23.1 Å². The standard InChI is InChI=1S/C40H47F3N4O5/c1-9-12-25(3)51-32-16-15-29(40(41,42)43)23-30(32)27-13-11-14-28(22-27)31-24-33-44-26(4)34(35(37(48)49)52-38(5,6)7)36(47(33)45-31)46-19-17-39(8,18-20-46)50-21-10-2/h9-11,13-16,22-25,35H,1-2,12,17-21H2,3-8H3,(H,48,49)/t25-,35?/m0/s1. The summed E-state index contributed by atoms with van der Waals surface area (Å²) in [4.78, 5) is 19.7. The van der Waals surface area contributed by atoms with Crippen LogP contribution in [0.5, 0.6) is 5.75 Å². The highest BCUT2D eigenvalue weighted by molar-refractivity contribution is 5.80. The molecule has 1 saturated heterocycles. The summed E-state index contributed by atoms with van der Waals surface area (Å²) in [5.41, 5.74) is 1.31. The Kier molecular flexibility index (Phi) is 11.2. The van der Waals surface area contributed by atoms with Crippen LogP contribution in [0.2, 0.25) is 0 Å².